The minimum Gasteiger partial charge on any atom is -0.481 e. The smallest absolute Gasteiger partial charge is 0.311 e. The van der Waals surface area contributed by atoms with Crippen molar-refractivity contribution >= 4 is 35.8 Å². The molecule has 0 spiro atoms. The Balaban J connectivity index is 1.71. The summed E-state index contributed by atoms with van der Waals surface area (Å²) in [6.07, 6.45) is 10.7. The molecule has 1 aliphatic carbocycles. The number of allylic oxidation sites excluding steroid dienone is 2. The van der Waals surface area contributed by atoms with Crippen molar-refractivity contribution in [2.45, 2.75) is 53.9 Å². The van der Waals surface area contributed by atoms with Gasteiger partial charge in [-0.1, -0.05) is 26.5 Å². The van der Waals surface area contributed by atoms with Crippen LogP contribution < -0.4 is 16.0 Å². The highest BCUT2D eigenvalue weighted by Gasteiger charge is 2.39. The van der Waals surface area contributed by atoms with E-state index < -0.39 is 11.9 Å². The van der Waals surface area contributed by atoms with Crippen LogP contribution in [0.1, 0.15) is 76.4 Å². The lowest BCUT2D eigenvalue weighted by molar-refractivity contribution is -0.139. The molecule has 0 saturated carbocycles. The monoisotopic (exact) mass is 494 g/mol. The van der Waals surface area contributed by atoms with Gasteiger partial charge in [-0.05, 0) is 86.1 Å². The van der Waals surface area contributed by atoms with Crippen LogP contribution in [-0.2, 0) is 17.6 Å². The lowest BCUT2D eigenvalue weighted by Gasteiger charge is -2.12. The second-order valence-corrected chi connectivity index (χ2v) is 10.7. The third kappa shape index (κ3) is 3.42. The Morgan fingerprint density at radius 3 is 2.43 bits per heavy atom. The Bertz CT molecular complexity index is 1680. The molecular weight excluding hydrogens is 460 g/mol. The Labute approximate surface area is 216 Å². The highest BCUT2D eigenvalue weighted by atomic mass is 16.4. The standard InChI is InChI=1S/C31H34N4O2/c1-7-18-15(4)23-11-22-14(3)9-28(32-22)29-21(31(36)37)10-20-17(6)25(35-30(20)29)13-27-19(8-2)16(5)24(34-27)12-26(18)33-23/h7,11-14,21,32-35H,1,8-10H2,2-6H3,(H,36,37)/b22-11-,24-12-,27-13-,29-28-/t14-,21-/m0/s1. The van der Waals surface area contributed by atoms with Crippen LogP contribution in [0, 0.1) is 32.6 Å². The molecule has 6 heteroatoms. The number of fused-ring (bicyclic) bond motifs is 7. The Morgan fingerprint density at radius 2 is 1.73 bits per heavy atom. The highest BCUT2D eigenvalue weighted by Crippen LogP contribution is 2.44. The molecule has 8 bridgehead atoms. The normalized spacial score (nSPS) is 25.1. The van der Waals surface area contributed by atoms with Gasteiger partial charge in [0.05, 0.1) is 5.92 Å². The number of H-pyrrole nitrogens is 3. The van der Waals surface area contributed by atoms with Crippen molar-refractivity contribution in [3.8, 4) is 0 Å². The van der Waals surface area contributed by atoms with Crippen LogP contribution in [0.2, 0.25) is 0 Å². The summed E-state index contributed by atoms with van der Waals surface area (Å²) in [5.74, 6) is -1.07. The predicted octanol–water partition coefficient (Wildman–Crippen LogP) is 4.41. The SMILES string of the molecule is C=Cc1c2[nH]c(c1C)/C=C1\N/C(=C3\c4[nH]c(c(C)c4C[C@@H]3C(=O)O)/C=c3\[nH]/c(c(C)c3CC)=C\2)C[C@@H]1C. The minimum atomic E-state index is -0.771. The molecule has 0 unspecified atom stereocenters. The molecular formula is C31H34N4O2. The molecule has 0 aromatic carbocycles. The Hall–Kier alpha value is -3.93. The molecule has 2 aliphatic heterocycles. The molecule has 3 aliphatic rings. The van der Waals surface area contributed by atoms with E-state index in [2.05, 4.69) is 79.7 Å². The van der Waals surface area contributed by atoms with Crippen LogP contribution >= 0.6 is 0 Å². The van der Waals surface area contributed by atoms with Crippen molar-refractivity contribution in [1.29, 1.82) is 0 Å². The number of nitrogens with one attached hydrogen (secondary N) is 4. The van der Waals surface area contributed by atoms with E-state index in [4.69, 9.17) is 0 Å². The second kappa shape index (κ2) is 8.30. The van der Waals surface area contributed by atoms with E-state index in [0.717, 1.165) is 85.5 Å². The molecule has 190 valence electrons. The molecule has 5 N–H and O–H groups in total. The first-order chi connectivity index (χ1) is 17.7. The van der Waals surface area contributed by atoms with Crippen LogP contribution in [0.25, 0.3) is 29.9 Å². The van der Waals surface area contributed by atoms with Crippen molar-refractivity contribution < 1.29 is 9.90 Å². The quantitative estimate of drug-likeness (QED) is 0.373. The number of rotatable bonds is 3. The van der Waals surface area contributed by atoms with Crippen molar-refractivity contribution in [3.63, 3.8) is 0 Å². The van der Waals surface area contributed by atoms with Gasteiger partial charge in [0.2, 0.25) is 0 Å². The number of aliphatic carboxylic acids is 1. The van der Waals surface area contributed by atoms with Gasteiger partial charge in [0.15, 0.2) is 0 Å². The lowest BCUT2D eigenvalue weighted by atomic mass is 9.96. The summed E-state index contributed by atoms with van der Waals surface area (Å²) in [5.41, 5.74) is 14.1. The third-order valence-corrected chi connectivity index (χ3v) is 8.66. The Morgan fingerprint density at radius 1 is 1.00 bits per heavy atom. The molecule has 3 aromatic rings. The van der Waals surface area contributed by atoms with E-state index in [9.17, 15) is 9.90 Å². The first-order valence-corrected chi connectivity index (χ1v) is 13.1. The van der Waals surface area contributed by atoms with Gasteiger partial charge in [-0.3, -0.25) is 4.79 Å². The average Bonchev–Trinajstić information content (AvgIpc) is 3.61. The van der Waals surface area contributed by atoms with Gasteiger partial charge in [0.1, 0.15) is 0 Å². The molecule has 5 heterocycles. The summed E-state index contributed by atoms with van der Waals surface area (Å²) in [4.78, 5) is 23.3. The topological polar surface area (TPSA) is 96.7 Å². The van der Waals surface area contributed by atoms with Gasteiger partial charge in [-0.25, -0.2) is 0 Å². The van der Waals surface area contributed by atoms with Crippen molar-refractivity contribution in [2.75, 3.05) is 0 Å². The van der Waals surface area contributed by atoms with Gasteiger partial charge in [0.25, 0.3) is 0 Å². The molecule has 0 amide bonds. The first kappa shape index (κ1) is 23.5. The first-order valence-electron chi connectivity index (χ1n) is 13.1. The molecule has 6 nitrogen and oxygen atoms in total. The fraction of sp³-hybridized carbons (Fsp3) is 0.323. The number of hydrogen-bond acceptors (Lipinski definition) is 2. The van der Waals surface area contributed by atoms with Crippen molar-refractivity contribution in [2.24, 2.45) is 11.8 Å². The fourth-order valence-corrected chi connectivity index (χ4v) is 6.48. The zero-order valence-corrected chi connectivity index (χ0v) is 22.1. The summed E-state index contributed by atoms with van der Waals surface area (Å²) in [5, 5.41) is 16.0. The zero-order chi connectivity index (χ0) is 26.2. The summed E-state index contributed by atoms with van der Waals surface area (Å²) >= 11 is 0. The molecule has 37 heavy (non-hydrogen) atoms. The maximum atomic E-state index is 12.4. The molecule has 3 aromatic heterocycles. The maximum absolute atomic E-state index is 12.4. The fourth-order valence-electron chi connectivity index (χ4n) is 6.48. The molecule has 1 saturated heterocycles. The predicted molar refractivity (Wildman–Crippen MR) is 149 cm³/mol. The van der Waals surface area contributed by atoms with E-state index in [1.165, 1.54) is 11.1 Å². The zero-order valence-electron chi connectivity index (χ0n) is 22.1. The van der Waals surface area contributed by atoms with E-state index >= 15 is 0 Å². The molecule has 0 radical (unpaired) electrons. The van der Waals surface area contributed by atoms with E-state index in [1.807, 2.05) is 6.08 Å². The van der Waals surface area contributed by atoms with Gasteiger partial charge in [-0.2, -0.15) is 0 Å². The number of hydrogen-bond donors (Lipinski definition) is 5. The van der Waals surface area contributed by atoms with Crippen molar-refractivity contribution in [1.82, 2.24) is 20.3 Å². The summed E-state index contributed by atoms with van der Waals surface area (Å²) in [6, 6.07) is 0. The lowest BCUT2D eigenvalue weighted by Crippen LogP contribution is -2.17. The highest BCUT2D eigenvalue weighted by molar-refractivity contribution is 5.93. The van der Waals surface area contributed by atoms with Crippen LogP contribution in [0.3, 0.4) is 0 Å². The third-order valence-electron chi connectivity index (χ3n) is 8.66. The summed E-state index contributed by atoms with van der Waals surface area (Å²) in [7, 11) is 0. The largest absolute Gasteiger partial charge is 0.481 e. The van der Waals surface area contributed by atoms with Crippen LogP contribution in [0.15, 0.2) is 18.0 Å². The molecule has 1 fully saturated rings. The van der Waals surface area contributed by atoms with Gasteiger partial charge < -0.3 is 25.4 Å². The van der Waals surface area contributed by atoms with Gasteiger partial charge >= 0.3 is 5.97 Å². The molecule has 2 atom stereocenters. The van der Waals surface area contributed by atoms with E-state index in [1.54, 1.807) is 0 Å². The number of carbonyl (C=O) groups is 1. The van der Waals surface area contributed by atoms with Gasteiger partial charge in [0, 0.05) is 61.9 Å². The van der Waals surface area contributed by atoms with Gasteiger partial charge in [-0.15, -0.1) is 0 Å². The van der Waals surface area contributed by atoms with Crippen LogP contribution in [0.4, 0.5) is 0 Å². The molecule has 6 rings (SSSR count). The Kier molecular flexibility index (Phi) is 5.26. The number of aromatic amines is 3. The van der Waals surface area contributed by atoms with E-state index in [0.29, 0.717) is 6.42 Å². The summed E-state index contributed by atoms with van der Waals surface area (Å²) < 4.78 is 0. The average molecular weight is 495 g/mol. The number of aromatic nitrogens is 3. The van der Waals surface area contributed by atoms with Crippen LogP contribution in [0.5, 0.6) is 0 Å². The summed E-state index contributed by atoms with van der Waals surface area (Å²) in [6.45, 7) is 14.9. The second-order valence-electron chi connectivity index (χ2n) is 10.7. The number of carboxylic acids is 1. The van der Waals surface area contributed by atoms with Crippen LogP contribution in [-0.4, -0.2) is 26.0 Å². The minimum absolute atomic E-state index is 0.251. The number of carboxylic acid groups (broad SMARTS) is 1. The van der Waals surface area contributed by atoms with Crippen molar-refractivity contribution in [3.05, 3.63) is 84.8 Å². The van der Waals surface area contributed by atoms with E-state index in [-0.39, 0.29) is 5.92 Å². The maximum Gasteiger partial charge on any atom is 0.311 e.